The van der Waals surface area contributed by atoms with Gasteiger partial charge in [-0.25, -0.2) is 4.98 Å². The predicted octanol–water partition coefficient (Wildman–Crippen LogP) is 3.68. The number of hydrogen-bond donors (Lipinski definition) is 0. The van der Waals surface area contributed by atoms with E-state index in [0.29, 0.717) is 12.1 Å². The SMILES string of the molecule is CCc1nccn1[C@@H]1CCCN(C(=O)c2cc(C)n(C3CC3)c2C)C1. The van der Waals surface area contributed by atoms with Crippen LogP contribution in [0.4, 0.5) is 0 Å². The molecule has 1 saturated heterocycles. The summed E-state index contributed by atoms with van der Waals surface area (Å²) in [5.41, 5.74) is 3.26. The van der Waals surface area contributed by atoms with E-state index in [0.717, 1.165) is 49.4 Å². The van der Waals surface area contributed by atoms with Crippen molar-refractivity contribution < 1.29 is 4.79 Å². The minimum absolute atomic E-state index is 0.197. The molecular weight excluding hydrogens is 312 g/mol. The highest BCUT2D eigenvalue weighted by Crippen LogP contribution is 2.38. The van der Waals surface area contributed by atoms with Crippen molar-refractivity contribution >= 4 is 5.91 Å². The van der Waals surface area contributed by atoms with Crippen molar-refractivity contribution in [2.24, 2.45) is 0 Å². The number of aromatic nitrogens is 3. The first-order valence-electron chi connectivity index (χ1n) is 9.59. The van der Waals surface area contributed by atoms with Gasteiger partial charge in [0.1, 0.15) is 5.82 Å². The first kappa shape index (κ1) is 16.4. The summed E-state index contributed by atoms with van der Waals surface area (Å²) in [5, 5.41) is 0. The van der Waals surface area contributed by atoms with Gasteiger partial charge in [0.15, 0.2) is 0 Å². The van der Waals surface area contributed by atoms with Crippen molar-refractivity contribution in [3.8, 4) is 0 Å². The number of carbonyl (C=O) groups is 1. The van der Waals surface area contributed by atoms with Gasteiger partial charge in [-0.05, 0) is 45.6 Å². The molecule has 0 unspecified atom stereocenters. The number of rotatable bonds is 4. The van der Waals surface area contributed by atoms with Gasteiger partial charge in [-0.1, -0.05) is 6.92 Å². The van der Waals surface area contributed by atoms with E-state index in [2.05, 4.69) is 47.2 Å². The van der Waals surface area contributed by atoms with Crippen LogP contribution in [0.2, 0.25) is 0 Å². The number of nitrogens with zero attached hydrogens (tertiary/aromatic N) is 4. The van der Waals surface area contributed by atoms with Crippen molar-refractivity contribution in [2.75, 3.05) is 13.1 Å². The number of piperidine rings is 1. The van der Waals surface area contributed by atoms with Crippen LogP contribution in [0.15, 0.2) is 18.5 Å². The predicted molar refractivity (Wildman–Crippen MR) is 98.0 cm³/mol. The molecule has 25 heavy (non-hydrogen) atoms. The zero-order valence-electron chi connectivity index (χ0n) is 15.5. The highest BCUT2D eigenvalue weighted by atomic mass is 16.2. The largest absolute Gasteiger partial charge is 0.345 e. The lowest BCUT2D eigenvalue weighted by Crippen LogP contribution is -2.41. The lowest BCUT2D eigenvalue weighted by Gasteiger charge is -2.34. The van der Waals surface area contributed by atoms with Crippen LogP contribution in [0.3, 0.4) is 0 Å². The zero-order chi connectivity index (χ0) is 17.6. The van der Waals surface area contributed by atoms with E-state index in [1.807, 2.05) is 11.1 Å². The topological polar surface area (TPSA) is 43.1 Å². The fourth-order valence-electron chi connectivity index (χ4n) is 4.38. The highest BCUT2D eigenvalue weighted by molar-refractivity contribution is 5.95. The Kier molecular flexibility index (Phi) is 4.18. The molecular formula is C20H28N4O. The average molecular weight is 340 g/mol. The molecule has 0 spiro atoms. The van der Waals surface area contributed by atoms with Gasteiger partial charge in [0.2, 0.25) is 0 Å². The standard InChI is InChI=1S/C20H28N4O/c1-4-19-21-9-11-23(19)17-6-5-10-22(13-17)20(25)18-12-14(2)24(15(18)3)16-7-8-16/h9,11-12,16-17H,4-8,10,13H2,1-3H3/t17-/m1/s1. The fraction of sp³-hybridized carbons (Fsp3) is 0.600. The van der Waals surface area contributed by atoms with Crippen molar-refractivity contribution in [2.45, 2.75) is 65.0 Å². The maximum atomic E-state index is 13.2. The van der Waals surface area contributed by atoms with Crippen LogP contribution in [0.1, 0.15) is 72.3 Å². The summed E-state index contributed by atoms with van der Waals surface area (Å²) >= 11 is 0. The van der Waals surface area contributed by atoms with E-state index in [1.165, 1.54) is 18.5 Å². The van der Waals surface area contributed by atoms with E-state index >= 15 is 0 Å². The number of likely N-dealkylation sites (tertiary alicyclic amines) is 1. The summed E-state index contributed by atoms with van der Waals surface area (Å²) in [4.78, 5) is 19.7. The second-order valence-corrected chi connectivity index (χ2v) is 7.54. The Labute approximate surface area is 149 Å². The van der Waals surface area contributed by atoms with Gasteiger partial charge in [-0.3, -0.25) is 4.79 Å². The third-order valence-electron chi connectivity index (χ3n) is 5.77. The lowest BCUT2D eigenvalue weighted by atomic mass is 10.0. The van der Waals surface area contributed by atoms with E-state index in [1.54, 1.807) is 0 Å². The molecule has 4 rings (SSSR count). The van der Waals surface area contributed by atoms with Crippen LogP contribution in [0.5, 0.6) is 0 Å². The Balaban J connectivity index is 1.55. The smallest absolute Gasteiger partial charge is 0.255 e. The molecule has 0 radical (unpaired) electrons. The summed E-state index contributed by atoms with van der Waals surface area (Å²) in [6, 6.07) is 3.06. The summed E-state index contributed by atoms with van der Waals surface area (Å²) in [7, 11) is 0. The summed E-state index contributed by atoms with van der Waals surface area (Å²) in [5.74, 6) is 1.31. The second-order valence-electron chi connectivity index (χ2n) is 7.54. The molecule has 5 nitrogen and oxygen atoms in total. The first-order valence-corrected chi connectivity index (χ1v) is 9.59. The van der Waals surface area contributed by atoms with E-state index < -0.39 is 0 Å². The van der Waals surface area contributed by atoms with E-state index in [4.69, 9.17) is 0 Å². The molecule has 1 saturated carbocycles. The van der Waals surface area contributed by atoms with Gasteiger partial charge < -0.3 is 14.0 Å². The molecule has 2 aliphatic rings. The maximum Gasteiger partial charge on any atom is 0.255 e. The molecule has 5 heteroatoms. The van der Waals surface area contributed by atoms with Crippen LogP contribution in [0.25, 0.3) is 0 Å². The van der Waals surface area contributed by atoms with Gasteiger partial charge in [0.05, 0.1) is 11.6 Å². The number of aryl methyl sites for hydroxylation is 2. The molecule has 134 valence electrons. The van der Waals surface area contributed by atoms with Gasteiger partial charge in [-0.15, -0.1) is 0 Å². The highest BCUT2D eigenvalue weighted by Gasteiger charge is 2.31. The molecule has 3 heterocycles. The van der Waals surface area contributed by atoms with Crippen LogP contribution in [0, 0.1) is 13.8 Å². The Morgan fingerprint density at radius 2 is 2.04 bits per heavy atom. The number of imidazole rings is 1. The maximum absolute atomic E-state index is 13.2. The van der Waals surface area contributed by atoms with E-state index in [-0.39, 0.29) is 5.91 Å². The molecule has 0 bridgehead atoms. The Morgan fingerprint density at radius 3 is 2.76 bits per heavy atom. The van der Waals surface area contributed by atoms with Gasteiger partial charge in [0, 0.05) is 49.3 Å². The number of carbonyl (C=O) groups excluding carboxylic acids is 1. The molecule has 2 aromatic rings. The van der Waals surface area contributed by atoms with Gasteiger partial charge in [0.25, 0.3) is 5.91 Å². The molecule has 1 amide bonds. The second kappa shape index (κ2) is 6.36. The monoisotopic (exact) mass is 340 g/mol. The summed E-state index contributed by atoms with van der Waals surface area (Å²) < 4.78 is 4.63. The Morgan fingerprint density at radius 1 is 1.24 bits per heavy atom. The van der Waals surface area contributed by atoms with Crippen molar-refractivity contribution in [3.63, 3.8) is 0 Å². The number of amides is 1. The van der Waals surface area contributed by atoms with Crippen LogP contribution < -0.4 is 0 Å². The third-order valence-corrected chi connectivity index (χ3v) is 5.77. The van der Waals surface area contributed by atoms with Crippen LogP contribution in [-0.2, 0) is 6.42 Å². The van der Waals surface area contributed by atoms with Gasteiger partial charge in [-0.2, -0.15) is 0 Å². The first-order chi connectivity index (χ1) is 12.1. The molecule has 2 fully saturated rings. The summed E-state index contributed by atoms with van der Waals surface area (Å²) in [6.45, 7) is 8.01. The normalized spacial score (nSPS) is 20.9. The minimum atomic E-state index is 0.197. The van der Waals surface area contributed by atoms with Gasteiger partial charge >= 0.3 is 0 Å². The van der Waals surface area contributed by atoms with E-state index in [9.17, 15) is 4.79 Å². The number of hydrogen-bond acceptors (Lipinski definition) is 2. The lowest BCUT2D eigenvalue weighted by molar-refractivity contribution is 0.0677. The third kappa shape index (κ3) is 2.90. The van der Waals surface area contributed by atoms with Crippen molar-refractivity contribution in [1.82, 2.24) is 19.0 Å². The molecule has 1 aliphatic heterocycles. The van der Waals surface area contributed by atoms with Crippen molar-refractivity contribution in [1.29, 1.82) is 0 Å². The fourth-order valence-corrected chi connectivity index (χ4v) is 4.38. The van der Waals surface area contributed by atoms with Crippen LogP contribution in [-0.4, -0.2) is 38.0 Å². The molecule has 0 N–H and O–H groups in total. The average Bonchev–Trinajstić information content (AvgIpc) is 3.25. The summed E-state index contributed by atoms with van der Waals surface area (Å²) in [6.07, 6.45) is 9.54. The molecule has 1 atom stereocenters. The Hall–Kier alpha value is -2.04. The zero-order valence-corrected chi connectivity index (χ0v) is 15.5. The minimum Gasteiger partial charge on any atom is -0.345 e. The van der Waals surface area contributed by atoms with Crippen LogP contribution >= 0.6 is 0 Å². The molecule has 2 aromatic heterocycles. The Bertz CT molecular complexity index is 784. The van der Waals surface area contributed by atoms with Crippen molar-refractivity contribution in [3.05, 3.63) is 41.2 Å². The quantitative estimate of drug-likeness (QED) is 0.852. The molecule has 0 aromatic carbocycles. The molecule has 1 aliphatic carbocycles.